The lowest BCUT2D eigenvalue weighted by molar-refractivity contribution is -0.0429. The second kappa shape index (κ2) is 7.67. The third kappa shape index (κ3) is 4.13. The van der Waals surface area contributed by atoms with Gasteiger partial charge < -0.3 is 9.15 Å². The van der Waals surface area contributed by atoms with E-state index >= 15 is 0 Å². The molecule has 0 unspecified atom stereocenters. The molecular formula is C20H17F3N2O4S. The highest BCUT2D eigenvalue weighted by Gasteiger charge is 2.46. The normalized spacial score (nSPS) is 16.6. The summed E-state index contributed by atoms with van der Waals surface area (Å²) in [6.45, 7) is 0.446. The summed E-state index contributed by atoms with van der Waals surface area (Å²) in [5.41, 5.74) is -3.75. The molecule has 1 aromatic heterocycles. The van der Waals surface area contributed by atoms with Crippen molar-refractivity contribution >= 4 is 15.7 Å². The zero-order valence-corrected chi connectivity index (χ0v) is 16.3. The van der Waals surface area contributed by atoms with E-state index in [0.717, 1.165) is 12.0 Å². The molecular weight excluding hydrogens is 421 g/mol. The molecule has 0 bridgehead atoms. The number of oxazole rings is 1. The molecule has 0 spiro atoms. The number of nitrogens with zero attached hydrogens (tertiary/aromatic N) is 1. The van der Waals surface area contributed by atoms with Gasteiger partial charge in [-0.2, -0.15) is 21.6 Å². The molecule has 1 N–H and O–H groups in total. The van der Waals surface area contributed by atoms with Crippen molar-refractivity contribution in [1.29, 1.82) is 0 Å². The number of nitrogens with one attached hydrogen (secondary N) is 1. The summed E-state index contributed by atoms with van der Waals surface area (Å²) in [5, 5.41) is 0. The van der Waals surface area contributed by atoms with Crippen LogP contribution in [0.3, 0.4) is 0 Å². The van der Waals surface area contributed by atoms with Crippen molar-refractivity contribution in [1.82, 2.24) is 4.98 Å². The van der Waals surface area contributed by atoms with Gasteiger partial charge in [0.15, 0.2) is 5.89 Å². The van der Waals surface area contributed by atoms with E-state index in [1.165, 1.54) is 18.4 Å². The first kappa shape index (κ1) is 20.3. The Bertz CT molecular complexity index is 1150. The maximum atomic E-state index is 12.8. The van der Waals surface area contributed by atoms with Gasteiger partial charge in [0.1, 0.15) is 12.0 Å². The fourth-order valence-electron chi connectivity index (χ4n) is 3.36. The second-order valence-electron chi connectivity index (χ2n) is 6.93. The van der Waals surface area contributed by atoms with Gasteiger partial charge in [-0.1, -0.05) is 30.3 Å². The quantitative estimate of drug-likeness (QED) is 0.639. The number of sulfonamides is 1. The number of hydrogen-bond acceptors (Lipinski definition) is 5. The topological polar surface area (TPSA) is 81.4 Å². The van der Waals surface area contributed by atoms with E-state index in [4.69, 9.17) is 9.15 Å². The SMILES string of the molecule is O=S(=O)(Nc1ccccc1-c1ccc2c(c1)OC[C@H](Cc1ncco1)C2)C(F)(F)F. The molecule has 1 aliphatic rings. The van der Waals surface area contributed by atoms with E-state index < -0.39 is 15.5 Å². The minimum Gasteiger partial charge on any atom is -0.493 e. The zero-order chi connectivity index (χ0) is 21.4. The maximum Gasteiger partial charge on any atom is 0.516 e. The average molecular weight is 438 g/mol. The van der Waals surface area contributed by atoms with Crippen LogP contribution in [0.5, 0.6) is 5.75 Å². The van der Waals surface area contributed by atoms with Gasteiger partial charge in [-0.15, -0.1) is 0 Å². The van der Waals surface area contributed by atoms with Crippen LogP contribution in [0, 0.1) is 5.92 Å². The number of anilines is 1. The number of fused-ring (bicyclic) bond motifs is 1. The van der Waals surface area contributed by atoms with Crippen molar-refractivity contribution < 1.29 is 30.7 Å². The fourth-order valence-corrected chi connectivity index (χ4v) is 3.94. The molecule has 30 heavy (non-hydrogen) atoms. The highest BCUT2D eigenvalue weighted by Crippen LogP contribution is 2.37. The summed E-state index contributed by atoms with van der Waals surface area (Å²) in [6, 6.07) is 11.2. The highest BCUT2D eigenvalue weighted by atomic mass is 32.2. The molecule has 4 rings (SSSR count). The second-order valence-corrected chi connectivity index (χ2v) is 8.60. The largest absolute Gasteiger partial charge is 0.516 e. The number of benzene rings is 2. The van der Waals surface area contributed by atoms with Crippen molar-refractivity contribution in [2.75, 3.05) is 11.3 Å². The molecule has 1 atom stereocenters. The van der Waals surface area contributed by atoms with E-state index in [0.29, 0.717) is 35.8 Å². The molecule has 2 heterocycles. The van der Waals surface area contributed by atoms with Crippen LogP contribution in [0.15, 0.2) is 59.3 Å². The van der Waals surface area contributed by atoms with Crippen LogP contribution in [0.1, 0.15) is 11.5 Å². The number of halogens is 3. The first-order valence-corrected chi connectivity index (χ1v) is 10.5. The lowest BCUT2D eigenvalue weighted by Gasteiger charge is -2.25. The van der Waals surface area contributed by atoms with E-state index in [1.54, 1.807) is 35.2 Å². The number of hydrogen-bond donors (Lipinski definition) is 1. The third-order valence-electron chi connectivity index (χ3n) is 4.78. The first-order chi connectivity index (χ1) is 14.2. The molecule has 1 aliphatic heterocycles. The van der Waals surface area contributed by atoms with Gasteiger partial charge in [0.2, 0.25) is 0 Å². The van der Waals surface area contributed by atoms with Crippen LogP contribution in [0.4, 0.5) is 18.9 Å². The standard InChI is InChI=1S/C20H17F3N2O4S/c21-20(22,23)30(26,27)25-17-4-2-1-3-16(17)14-5-6-15-9-13(12-29-18(15)11-14)10-19-24-7-8-28-19/h1-8,11,13,25H,9-10,12H2/t13-/m0/s1. The van der Waals surface area contributed by atoms with E-state index in [2.05, 4.69) is 4.98 Å². The van der Waals surface area contributed by atoms with Crippen molar-refractivity contribution in [3.63, 3.8) is 0 Å². The molecule has 0 saturated carbocycles. The number of rotatable bonds is 5. The van der Waals surface area contributed by atoms with Crippen LogP contribution in [-0.4, -0.2) is 25.5 Å². The molecule has 2 aromatic carbocycles. The predicted molar refractivity (Wildman–Crippen MR) is 103 cm³/mol. The van der Waals surface area contributed by atoms with Crippen LogP contribution in [0.2, 0.25) is 0 Å². The molecule has 0 fully saturated rings. The Hall–Kier alpha value is -3.01. The van der Waals surface area contributed by atoms with E-state index in [1.807, 2.05) is 6.07 Å². The summed E-state index contributed by atoms with van der Waals surface area (Å²) in [7, 11) is -5.53. The van der Waals surface area contributed by atoms with Crippen molar-refractivity contribution in [3.8, 4) is 16.9 Å². The average Bonchev–Trinajstić information content (AvgIpc) is 3.20. The summed E-state index contributed by atoms with van der Waals surface area (Å²) < 4.78 is 74.1. The van der Waals surface area contributed by atoms with Gasteiger partial charge in [-0.3, -0.25) is 4.72 Å². The summed E-state index contributed by atoms with van der Waals surface area (Å²) in [6.07, 6.45) is 4.48. The number of aromatic nitrogens is 1. The molecule has 10 heteroatoms. The van der Waals surface area contributed by atoms with Crippen LogP contribution in [0.25, 0.3) is 11.1 Å². The fraction of sp³-hybridized carbons (Fsp3) is 0.250. The number of alkyl halides is 3. The van der Waals surface area contributed by atoms with Crippen LogP contribution < -0.4 is 9.46 Å². The van der Waals surface area contributed by atoms with Gasteiger partial charge in [-0.25, -0.2) is 4.98 Å². The lowest BCUT2D eigenvalue weighted by Crippen LogP contribution is -2.30. The third-order valence-corrected chi connectivity index (χ3v) is 5.88. The smallest absolute Gasteiger partial charge is 0.493 e. The molecule has 3 aromatic rings. The van der Waals surface area contributed by atoms with Crippen molar-refractivity contribution in [3.05, 3.63) is 66.4 Å². The molecule has 0 radical (unpaired) electrons. The summed E-state index contributed by atoms with van der Waals surface area (Å²) >= 11 is 0. The van der Waals surface area contributed by atoms with Gasteiger partial charge in [0.05, 0.1) is 18.5 Å². The molecule has 0 aliphatic carbocycles. The molecule has 6 nitrogen and oxygen atoms in total. The molecule has 0 amide bonds. The van der Waals surface area contributed by atoms with Crippen LogP contribution in [-0.2, 0) is 22.9 Å². The minimum atomic E-state index is -5.53. The Labute approximate surface area is 170 Å². The van der Waals surface area contributed by atoms with Gasteiger partial charge >= 0.3 is 15.5 Å². The Morgan fingerprint density at radius 2 is 1.97 bits per heavy atom. The molecule has 158 valence electrons. The predicted octanol–water partition coefficient (Wildman–Crippen LogP) is 4.40. The Kier molecular flexibility index (Phi) is 5.19. The summed E-state index contributed by atoms with van der Waals surface area (Å²) in [4.78, 5) is 4.12. The zero-order valence-electron chi connectivity index (χ0n) is 15.5. The van der Waals surface area contributed by atoms with Gasteiger partial charge in [-0.05, 0) is 29.7 Å². The lowest BCUT2D eigenvalue weighted by atomic mass is 9.92. The van der Waals surface area contributed by atoms with Crippen molar-refractivity contribution in [2.24, 2.45) is 5.92 Å². The maximum absolute atomic E-state index is 12.8. The first-order valence-electron chi connectivity index (χ1n) is 9.05. The Morgan fingerprint density at radius 3 is 2.70 bits per heavy atom. The Balaban J connectivity index is 1.58. The Morgan fingerprint density at radius 1 is 1.17 bits per heavy atom. The van der Waals surface area contributed by atoms with Crippen molar-refractivity contribution in [2.45, 2.75) is 18.3 Å². The van der Waals surface area contributed by atoms with E-state index in [9.17, 15) is 21.6 Å². The number of para-hydroxylation sites is 1. The molecule has 0 saturated heterocycles. The monoisotopic (exact) mass is 438 g/mol. The van der Waals surface area contributed by atoms with Gasteiger partial charge in [0.25, 0.3) is 0 Å². The van der Waals surface area contributed by atoms with Crippen LogP contribution >= 0.6 is 0 Å². The highest BCUT2D eigenvalue weighted by molar-refractivity contribution is 7.93. The number of ether oxygens (including phenoxy) is 1. The van der Waals surface area contributed by atoms with Gasteiger partial charge in [0, 0.05) is 17.9 Å². The summed E-state index contributed by atoms with van der Waals surface area (Å²) in [5.74, 6) is 1.44. The minimum absolute atomic E-state index is 0.160. The van der Waals surface area contributed by atoms with E-state index in [-0.39, 0.29) is 11.6 Å².